The zero-order chi connectivity index (χ0) is 14.4. The van der Waals surface area contributed by atoms with Crippen molar-refractivity contribution in [1.29, 1.82) is 0 Å². The summed E-state index contributed by atoms with van der Waals surface area (Å²) in [4.78, 5) is 13.6. The Kier molecular flexibility index (Phi) is 6.17. The average molecular weight is 349 g/mol. The fraction of sp³-hybridized carbons (Fsp3) is 0.333. The van der Waals surface area contributed by atoms with Gasteiger partial charge in [-0.05, 0) is 28.1 Å². The van der Waals surface area contributed by atoms with Crippen LogP contribution in [0.1, 0.15) is 6.42 Å². The predicted molar refractivity (Wildman–Crippen MR) is 78.6 cm³/mol. The third kappa shape index (κ3) is 5.52. The standard InChI is InChI=1S/C12H14BrFN2O2S/c1-16(5-4-11(15)19)12(17)7-18-10-6-8(14)2-3-9(10)13/h2-3,6H,4-5,7H2,1H3,(H2,15,19). The summed E-state index contributed by atoms with van der Waals surface area (Å²) in [6.07, 6.45) is 0.460. The highest BCUT2D eigenvalue weighted by molar-refractivity contribution is 9.10. The molecule has 0 fully saturated rings. The van der Waals surface area contributed by atoms with Crippen molar-refractivity contribution in [3.63, 3.8) is 0 Å². The molecular formula is C12H14BrFN2O2S. The number of nitrogens with two attached hydrogens (primary N) is 1. The Balaban J connectivity index is 2.49. The normalized spacial score (nSPS) is 10.1. The largest absolute Gasteiger partial charge is 0.482 e. The summed E-state index contributed by atoms with van der Waals surface area (Å²) >= 11 is 7.95. The summed E-state index contributed by atoms with van der Waals surface area (Å²) in [5.74, 6) is -0.365. The number of hydrogen-bond donors (Lipinski definition) is 1. The van der Waals surface area contributed by atoms with Gasteiger partial charge in [-0.1, -0.05) is 12.2 Å². The van der Waals surface area contributed by atoms with Crippen molar-refractivity contribution >= 4 is 39.0 Å². The molecule has 1 aromatic carbocycles. The van der Waals surface area contributed by atoms with Gasteiger partial charge < -0.3 is 15.4 Å². The first-order valence-electron chi connectivity index (χ1n) is 5.50. The second-order valence-corrected chi connectivity index (χ2v) is 5.27. The quantitative estimate of drug-likeness (QED) is 0.800. The van der Waals surface area contributed by atoms with Gasteiger partial charge in [-0.3, -0.25) is 4.79 Å². The molecule has 1 rings (SSSR count). The Labute approximate surface area is 124 Å². The number of halogens is 2. The lowest BCUT2D eigenvalue weighted by Crippen LogP contribution is -2.33. The van der Waals surface area contributed by atoms with Gasteiger partial charge in [0.1, 0.15) is 11.6 Å². The van der Waals surface area contributed by atoms with Gasteiger partial charge in [0.25, 0.3) is 5.91 Å². The van der Waals surface area contributed by atoms with E-state index in [4.69, 9.17) is 22.7 Å². The Bertz CT molecular complexity index is 485. The van der Waals surface area contributed by atoms with Crippen LogP contribution >= 0.6 is 28.1 Å². The molecule has 0 aliphatic rings. The van der Waals surface area contributed by atoms with Crippen molar-refractivity contribution in [3.05, 3.63) is 28.5 Å². The second kappa shape index (κ2) is 7.40. The van der Waals surface area contributed by atoms with Crippen LogP contribution in [-0.4, -0.2) is 36.0 Å². The molecule has 19 heavy (non-hydrogen) atoms. The van der Waals surface area contributed by atoms with Crippen LogP contribution in [0.25, 0.3) is 0 Å². The molecular weight excluding hydrogens is 335 g/mol. The zero-order valence-electron chi connectivity index (χ0n) is 10.4. The van der Waals surface area contributed by atoms with Crippen LogP contribution in [0.5, 0.6) is 5.75 Å². The average Bonchev–Trinajstić information content (AvgIpc) is 2.36. The van der Waals surface area contributed by atoms with E-state index in [1.807, 2.05) is 0 Å². The van der Waals surface area contributed by atoms with Crippen LogP contribution < -0.4 is 10.5 Å². The van der Waals surface area contributed by atoms with Gasteiger partial charge in [-0.25, -0.2) is 4.39 Å². The van der Waals surface area contributed by atoms with Gasteiger partial charge in [-0.2, -0.15) is 0 Å². The van der Waals surface area contributed by atoms with Crippen LogP contribution in [0.3, 0.4) is 0 Å². The molecule has 0 saturated carbocycles. The topological polar surface area (TPSA) is 55.6 Å². The highest BCUT2D eigenvalue weighted by atomic mass is 79.9. The van der Waals surface area contributed by atoms with Gasteiger partial charge in [0.2, 0.25) is 0 Å². The number of benzene rings is 1. The highest BCUT2D eigenvalue weighted by Crippen LogP contribution is 2.25. The number of amides is 1. The van der Waals surface area contributed by atoms with Gasteiger partial charge >= 0.3 is 0 Å². The number of thiocarbonyl (C=S) groups is 1. The minimum Gasteiger partial charge on any atom is -0.482 e. The summed E-state index contributed by atoms with van der Waals surface area (Å²) in [5, 5.41) is 0. The first-order valence-corrected chi connectivity index (χ1v) is 6.70. The molecule has 0 spiro atoms. The minimum absolute atomic E-state index is 0.171. The van der Waals surface area contributed by atoms with E-state index in [1.165, 1.54) is 23.1 Å². The molecule has 7 heteroatoms. The molecule has 2 N–H and O–H groups in total. The van der Waals surface area contributed by atoms with Gasteiger partial charge in [0.05, 0.1) is 9.46 Å². The highest BCUT2D eigenvalue weighted by Gasteiger charge is 2.11. The maximum atomic E-state index is 13.0. The molecule has 0 aliphatic heterocycles. The molecule has 0 heterocycles. The van der Waals surface area contributed by atoms with Crippen molar-refractivity contribution in [2.45, 2.75) is 6.42 Å². The van der Waals surface area contributed by atoms with Crippen molar-refractivity contribution in [2.75, 3.05) is 20.2 Å². The van der Waals surface area contributed by atoms with Crippen molar-refractivity contribution < 1.29 is 13.9 Å². The summed E-state index contributed by atoms with van der Waals surface area (Å²) in [5.41, 5.74) is 5.36. The molecule has 0 aliphatic carbocycles. The number of hydrogen-bond acceptors (Lipinski definition) is 3. The van der Waals surface area contributed by atoms with Crippen molar-refractivity contribution in [2.24, 2.45) is 5.73 Å². The Morgan fingerprint density at radius 3 is 2.89 bits per heavy atom. The van der Waals surface area contributed by atoms with Crippen molar-refractivity contribution in [3.8, 4) is 5.75 Å². The number of likely N-dealkylation sites (N-methyl/N-ethyl adjacent to an activating group) is 1. The zero-order valence-corrected chi connectivity index (χ0v) is 12.8. The van der Waals surface area contributed by atoms with E-state index < -0.39 is 5.82 Å². The van der Waals surface area contributed by atoms with Crippen LogP contribution in [0.4, 0.5) is 4.39 Å². The predicted octanol–water partition coefficient (Wildman–Crippen LogP) is 2.10. The van der Waals surface area contributed by atoms with Crippen LogP contribution in [0, 0.1) is 5.82 Å². The number of nitrogens with zero attached hydrogens (tertiary/aromatic N) is 1. The van der Waals surface area contributed by atoms with Gasteiger partial charge in [0.15, 0.2) is 6.61 Å². The van der Waals surface area contributed by atoms with E-state index in [-0.39, 0.29) is 18.3 Å². The van der Waals surface area contributed by atoms with Gasteiger partial charge in [-0.15, -0.1) is 0 Å². The Morgan fingerprint density at radius 1 is 1.58 bits per heavy atom. The maximum Gasteiger partial charge on any atom is 0.260 e. The fourth-order valence-electron chi connectivity index (χ4n) is 1.24. The summed E-state index contributed by atoms with van der Waals surface area (Å²) in [6.45, 7) is 0.262. The molecule has 104 valence electrons. The molecule has 4 nitrogen and oxygen atoms in total. The van der Waals surface area contributed by atoms with E-state index >= 15 is 0 Å². The molecule has 0 unspecified atom stereocenters. The first kappa shape index (κ1) is 15.8. The third-order valence-corrected chi connectivity index (χ3v) is 3.22. The Morgan fingerprint density at radius 2 is 2.26 bits per heavy atom. The molecule has 0 atom stereocenters. The first-order chi connectivity index (χ1) is 8.90. The van der Waals surface area contributed by atoms with Crippen LogP contribution in [-0.2, 0) is 4.79 Å². The van der Waals surface area contributed by atoms with E-state index in [9.17, 15) is 9.18 Å². The van der Waals surface area contributed by atoms with E-state index in [2.05, 4.69) is 15.9 Å². The smallest absolute Gasteiger partial charge is 0.260 e. The molecule has 1 amide bonds. The van der Waals surface area contributed by atoms with Crippen molar-refractivity contribution in [1.82, 2.24) is 4.90 Å². The monoisotopic (exact) mass is 348 g/mol. The number of carbonyl (C=O) groups is 1. The lowest BCUT2D eigenvalue weighted by atomic mass is 10.3. The minimum atomic E-state index is -0.424. The third-order valence-electron chi connectivity index (χ3n) is 2.36. The van der Waals surface area contributed by atoms with E-state index in [1.54, 1.807) is 7.05 Å². The molecule has 0 saturated heterocycles. The fourth-order valence-corrected chi connectivity index (χ4v) is 1.69. The number of rotatable bonds is 6. The van der Waals surface area contributed by atoms with E-state index in [0.717, 1.165) is 0 Å². The SMILES string of the molecule is CN(CCC(N)=S)C(=O)COc1cc(F)ccc1Br. The lowest BCUT2D eigenvalue weighted by molar-refractivity contribution is -0.131. The van der Waals surface area contributed by atoms with Crippen LogP contribution in [0.2, 0.25) is 0 Å². The summed E-state index contributed by atoms with van der Waals surface area (Å²) in [6, 6.07) is 4.03. The number of ether oxygens (including phenoxy) is 1. The summed E-state index contributed by atoms with van der Waals surface area (Å²) < 4.78 is 18.9. The van der Waals surface area contributed by atoms with E-state index in [0.29, 0.717) is 22.4 Å². The summed E-state index contributed by atoms with van der Waals surface area (Å²) in [7, 11) is 1.63. The Hall–Kier alpha value is -1.21. The molecule has 0 aromatic heterocycles. The number of carbonyl (C=O) groups excluding carboxylic acids is 1. The molecule has 0 radical (unpaired) electrons. The molecule has 1 aromatic rings. The molecule has 0 bridgehead atoms. The lowest BCUT2D eigenvalue weighted by Gasteiger charge is -2.17. The van der Waals surface area contributed by atoms with Gasteiger partial charge in [0, 0.05) is 26.1 Å². The maximum absolute atomic E-state index is 13.0. The van der Waals surface area contributed by atoms with Crippen LogP contribution in [0.15, 0.2) is 22.7 Å². The second-order valence-electron chi connectivity index (χ2n) is 3.90.